The minimum absolute atomic E-state index is 0.103. The third-order valence-corrected chi connectivity index (χ3v) is 3.44. The van der Waals surface area contributed by atoms with Gasteiger partial charge in [-0.3, -0.25) is 9.59 Å². The van der Waals surface area contributed by atoms with Gasteiger partial charge in [0, 0.05) is 38.2 Å². The van der Waals surface area contributed by atoms with Crippen LogP contribution in [0.1, 0.15) is 35.7 Å². The zero-order valence-corrected chi connectivity index (χ0v) is 14.7. The molecule has 1 aromatic rings. The smallest absolute Gasteiger partial charge is 0.339 e. The Labute approximate surface area is 147 Å². The number of anilines is 1. The van der Waals surface area contributed by atoms with Gasteiger partial charge in [0.25, 0.3) is 0 Å². The number of methoxy groups -OCH3 is 1. The summed E-state index contributed by atoms with van der Waals surface area (Å²) in [6, 6.07) is 4.88. The summed E-state index contributed by atoms with van der Waals surface area (Å²) in [7, 11) is 2.94. The van der Waals surface area contributed by atoms with Gasteiger partial charge in [-0.05, 0) is 24.6 Å². The van der Waals surface area contributed by atoms with Gasteiger partial charge in [-0.15, -0.1) is 0 Å². The molecule has 0 aromatic heterocycles. The lowest BCUT2D eigenvalue weighted by Crippen LogP contribution is -2.28. The highest BCUT2D eigenvalue weighted by Gasteiger charge is 2.15. The maximum Gasteiger partial charge on any atom is 0.339 e. The summed E-state index contributed by atoms with van der Waals surface area (Å²) in [5, 5.41) is 2.65. The number of esters is 1. The normalized spacial score (nSPS) is 9.60. The molecule has 25 heavy (non-hydrogen) atoms. The number of hydrogen-bond donors (Lipinski definition) is 2. The maximum absolute atomic E-state index is 12.3. The lowest BCUT2D eigenvalue weighted by atomic mass is 10.1. The van der Waals surface area contributed by atoms with Crippen molar-refractivity contribution in [2.45, 2.75) is 19.8 Å². The number of ether oxygens (including phenoxy) is 1. The van der Waals surface area contributed by atoms with Crippen LogP contribution in [-0.2, 0) is 14.3 Å². The van der Waals surface area contributed by atoms with E-state index < -0.39 is 5.97 Å². The summed E-state index contributed by atoms with van der Waals surface area (Å²) in [5.74, 6) is 4.80. The monoisotopic (exact) mass is 345 g/mol. The van der Waals surface area contributed by atoms with Crippen molar-refractivity contribution in [3.63, 3.8) is 0 Å². The Morgan fingerprint density at radius 1 is 1.32 bits per heavy atom. The van der Waals surface area contributed by atoms with E-state index in [-0.39, 0.29) is 18.4 Å². The molecule has 0 heterocycles. The van der Waals surface area contributed by atoms with Gasteiger partial charge in [-0.25, -0.2) is 4.79 Å². The zero-order valence-electron chi connectivity index (χ0n) is 14.7. The van der Waals surface area contributed by atoms with Gasteiger partial charge < -0.3 is 20.7 Å². The number of nitrogens with one attached hydrogen (secondary N) is 1. The van der Waals surface area contributed by atoms with Gasteiger partial charge in [0.2, 0.25) is 11.8 Å². The third kappa shape index (κ3) is 6.28. The first-order valence-electron chi connectivity index (χ1n) is 7.83. The zero-order chi connectivity index (χ0) is 18.8. The van der Waals surface area contributed by atoms with Crippen molar-refractivity contribution in [1.82, 2.24) is 5.32 Å². The summed E-state index contributed by atoms with van der Waals surface area (Å²) in [6.45, 7) is 2.03. The Morgan fingerprint density at radius 2 is 2.04 bits per heavy atom. The lowest BCUT2D eigenvalue weighted by molar-refractivity contribution is -0.120. The maximum atomic E-state index is 12.3. The van der Waals surface area contributed by atoms with Crippen LogP contribution in [-0.4, -0.2) is 45.0 Å². The fourth-order valence-corrected chi connectivity index (χ4v) is 2.09. The molecular formula is C18H23N3O4. The first-order chi connectivity index (χ1) is 11.9. The van der Waals surface area contributed by atoms with Crippen molar-refractivity contribution < 1.29 is 19.1 Å². The predicted molar refractivity (Wildman–Crippen MR) is 95.0 cm³/mol. The van der Waals surface area contributed by atoms with Gasteiger partial charge in [0.15, 0.2) is 0 Å². The van der Waals surface area contributed by atoms with Crippen LogP contribution in [0, 0.1) is 11.8 Å². The average Bonchev–Trinajstić information content (AvgIpc) is 2.61. The van der Waals surface area contributed by atoms with Crippen LogP contribution in [0.2, 0.25) is 0 Å². The molecule has 2 amide bonds. The summed E-state index contributed by atoms with van der Waals surface area (Å²) < 4.78 is 4.74. The van der Waals surface area contributed by atoms with Gasteiger partial charge in [-0.1, -0.05) is 11.8 Å². The molecule has 0 aliphatic heterocycles. The number of nitrogens with two attached hydrogens (primary N) is 1. The second-order valence-corrected chi connectivity index (χ2v) is 5.27. The molecule has 7 nitrogen and oxygen atoms in total. The van der Waals surface area contributed by atoms with Crippen molar-refractivity contribution in [1.29, 1.82) is 0 Å². The summed E-state index contributed by atoms with van der Waals surface area (Å²) in [5.41, 5.74) is 6.77. The standard InChI is InChI=1S/C18H23N3O4/c1-13(22)20-11-5-7-17(23)21(2)15-8-9-16(18(24)25-3)14(12-15)6-4-10-19/h8-9,12H,5,7,10-11,19H2,1-3H3,(H,20,22). The Hall–Kier alpha value is -2.85. The van der Waals surface area contributed by atoms with Gasteiger partial charge in [-0.2, -0.15) is 0 Å². The van der Waals surface area contributed by atoms with Crippen LogP contribution in [0.15, 0.2) is 18.2 Å². The second-order valence-electron chi connectivity index (χ2n) is 5.27. The largest absolute Gasteiger partial charge is 0.465 e. The SMILES string of the molecule is COC(=O)c1ccc(N(C)C(=O)CCCNC(C)=O)cc1C#CCN. The van der Waals surface area contributed by atoms with Gasteiger partial charge >= 0.3 is 5.97 Å². The lowest BCUT2D eigenvalue weighted by Gasteiger charge is -2.18. The Balaban J connectivity index is 2.91. The Bertz CT molecular complexity index is 704. The number of hydrogen-bond acceptors (Lipinski definition) is 5. The fraction of sp³-hybridized carbons (Fsp3) is 0.389. The molecule has 1 rings (SSSR count). The molecular weight excluding hydrogens is 322 g/mol. The highest BCUT2D eigenvalue weighted by atomic mass is 16.5. The van der Waals surface area contributed by atoms with Crippen molar-refractivity contribution in [2.24, 2.45) is 5.73 Å². The van der Waals surface area contributed by atoms with E-state index in [2.05, 4.69) is 17.2 Å². The molecule has 0 spiro atoms. The molecule has 0 radical (unpaired) electrons. The first-order valence-corrected chi connectivity index (χ1v) is 7.83. The van der Waals surface area contributed by atoms with Crippen molar-refractivity contribution >= 4 is 23.5 Å². The van der Waals surface area contributed by atoms with Crippen LogP contribution in [0.4, 0.5) is 5.69 Å². The second kappa shape index (κ2) is 10.1. The third-order valence-electron chi connectivity index (χ3n) is 3.44. The van der Waals surface area contributed by atoms with Crippen molar-refractivity contribution in [3.8, 4) is 11.8 Å². The number of benzene rings is 1. The van der Waals surface area contributed by atoms with E-state index in [1.54, 1.807) is 25.2 Å². The average molecular weight is 345 g/mol. The van der Waals surface area contributed by atoms with Crippen molar-refractivity contribution in [2.75, 3.05) is 32.1 Å². The van der Waals surface area contributed by atoms with E-state index >= 15 is 0 Å². The van der Waals surface area contributed by atoms with E-state index in [9.17, 15) is 14.4 Å². The van der Waals surface area contributed by atoms with Gasteiger partial charge in [0.05, 0.1) is 19.2 Å². The molecule has 7 heteroatoms. The molecule has 0 saturated heterocycles. The van der Waals surface area contributed by atoms with Crippen LogP contribution in [0.3, 0.4) is 0 Å². The van der Waals surface area contributed by atoms with Crippen LogP contribution in [0.5, 0.6) is 0 Å². The molecule has 3 N–H and O–H groups in total. The molecule has 0 saturated carbocycles. The van der Waals surface area contributed by atoms with Crippen molar-refractivity contribution in [3.05, 3.63) is 29.3 Å². The van der Waals surface area contributed by atoms with E-state index in [4.69, 9.17) is 10.5 Å². The minimum atomic E-state index is -0.503. The molecule has 1 aromatic carbocycles. The molecule has 0 unspecified atom stereocenters. The molecule has 134 valence electrons. The van der Waals surface area contributed by atoms with E-state index in [1.165, 1.54) is 18.9 Å². The van der Waals surface area contributed by atoms with E-state index in [0.29, 0.717) is 36.2 Å². The highest BCUT2D eigenvalue weighted by molar-refractivity contribution is 5.96. The van der Waals surface area contributed by atoms with E-state index in [0.717, 1.165) is 0 Å². The number of carbonyl (C=O) groups excluding carboxylic acids is 3. The van der Waals surface area contributed by atoms with Gasteiger partial charge in [0.1, 0.15) is 0 Å². The van der Waals surface area contributed by atoms with E-state index in [1.807, 2.05) is 0 Å². The molecule has 0 bridgehead atoms. The summed E-state index contributed by atoms with van der Waals surface area (Å²) in [4.78, 5) is 36.4. The summed E-state index contributed by atoms with van der Waals surface area (Å²) >= 11 is 0. The quantitative estimate of drug-likeness (QED) is 0.448. The molecule has 0 atom stereocenters. The molecule has 0 fully saturated rings. The fourth-order valence-electron chi connectivity index (χ4n) is 2.09. The minimum Gasteiger partial charge on any atom is -0.465 e. The predicted octanol–water partition coefficient (Wildman–Crippen LogP) is 0.663. The molecule has 0 aliphatic carbocycles. The Kier molecular flexibility index (Phi) is 8.16. The highest BCUT2D eigenvalue weighted by Crippen LogP contribution is 2.20. The summed E-state index contributed by atoms with van der Waals surface area (Å²) in [6.07, 6.45) is 0.835. The number of carbonyl (C=O) groups is 3. The Morgan fingerprint density at radius 3 is 2.64 bits per heavy atom. The molecule has 0 aliphatic rings. The topological polar surface area (TPSA) is 102 Å². The van der Waals surface area contributed by atoms with Crippen LogP contribution >= 0.6 is 0 Å². The van der Waals surface area contributed by atoms with Crippen LogP contribution in [0.25, 0.3) is 0 Å². The number of amides is 2. The number of nitrogens with zero attached hydrogens (tertiary/aromatic N) is 1. The first kappa shape index (κ1) is 20.2. The number of rotatable bonds is 6. The van der Waals surface area contributed by atoms with Crippen LogP contribution < -0.4 is 16.0 Å².